The van der Waals surface area contributed by atoms with Gasteiger partial charge in [0.25, 0.3) is 0 Å². The van der Waals surface area contributed by atoms with E-state index in [4.69, 9.17) is 0 Å². The minimum absolute atomic E-state index is 0.745. The fraction of sp³-hybridized carbons (Fsp3) is 0.889. The lowest BCUT2D eigenvalue weighted by Crippen LogP contribution is -2.19. The van der Waals surface area contributed by atoms with Crippen molar-refractivity contribution in [3.8, 4) is 0 Å². The summed E-state index contributed by atoms with van der Waals surface area (Å²) in [6.45, 7) is 6.49. The maximum absolute atomic E-state index is 4.44. The Kier molecular flexibility index (Phi) is 4.51. The predicted molar refractivity (Wildman–Crippen MR) is 56.9 cm³/mol. The minimum atomic E-state index is 0.745. The predicted octanol–water partition coefficient (Wildman–Crippen LogP) is 2.26. The molecule has 1 rings (SSSR count). The standard InChI is InChI=1S/C9H18N2S/c1-3-5-8-7-11-9(12-8)10-6-4-2/h8H,3-7H2,1-2H3,(H,10,11). The number of nitrogens with zero attached hydrogens (tertiary/aromatic N) is 1. The maximum Gasteiger partial charge on any atom is 0.156 e. The van der Waals surface area contributed by atoms with Crippen LogP contribution in [0.5, 0.6) is 0 Å². The van der Waals surface area contributed by atoms with Gasteiger partial charge in [0, 0.05) is 11.8 Å². The first-order chi connectivity index (χ1) is 5.86. The Morgan fingerprint density at radius 1 is 1.50 bits per heavy atom. The Morgan fingerprint density at radius 2 is 2.33 bits per heavy atom. The molecule has 1 unspecified atom stereocenters. The molecule has 1 aliphatic rings. The van der Waals surface area contributed by atoms with Gasteiger partial charge in [-0.1, -0.05) is 32.0 Å². The van der Waals surface area contributed by atoms with Crippen molar-refractivity contribution in [1.82, 2.24) is 5.32 Å². The molecule has 0 bridgehead atoms. The molecule has 0 aromatic rings. The Morgan fingerprint density at radius 3 is 3.00 bits per heavy atom. The highest BCUT2D eigenvalue weighted by atomic mass is 32.2. The zero-order valence-electron chi connectivity index (χ0n) is 7.97. The molecule has 3 heteroatoms. The number of hydrogen-bond donors (Lipinski definition) is 1. The number of nitrogens with one attached hydrogen (secondary N) is 1. The molecule has 0 aliphatic carbocycles. The Balaban J connectivity index is 2.14. The van der Waals surface area contributed by atoms with Crippen molar-refractivity contribution in [2.24, 2.45) is 4.99 Å². The van der Waals surface area contributed by atoms with E-state index in [0.717, 1.165) is 23.5 Å². The van der Waals surface area contributed by atoms with E-state index in [1.54, 1.807) is 0 Å². The van der Waals surface area contributed by atoms with E-state index < -0.39 is 0 Å². The van der Waals surface area contributed by atoms with Crippen LogP contribution in [0.15, 0.2) is 4.99 Å². The lowest BCUT2D eigenvalue weighted by molar-refractivity contribution is 0.753. The number of thioether (sulfide) groups is 1. The molecule has 1 heterocycles. The number of aliphatic imine (C=N–C) groups is 1. The smallest absolute Gasteiger partial charge is 0.156 e. The second-order valence-corrected chi connectivity index (χ2v) is 4.39. The molecule has 0 spiro atoms. The molecule has 0 saturated carbocycles. The van der Waals surface area contributed by atoms with Crippen LogP contribution in [0, 0.1) is 0 Å². The maximum atomic E-state index is 4.44. The quantitative estimate of drug-likeness (QED) is 0.728. The third-order valence-electron chi connectivity index (χ3n) is 1.85. The van der Waals surface area contributed by atoms with Gasteiger partial charge in [0.05, 0.1) is 6.54 Å². The van der Waals surface area contributed by atoms with E-state index in [2.05, 4.69) is 24.2 Å². The molecule has 12 heavy (non-hydrogen) atoms. The highest BCUT2D eigenvalue weighted by molar-refractivity contribution is 8.14. The summed E-state index contributed by atoms with van der Waals surface area (Å²) in [7, 11) is 0. The first-order valence-corrected chi connectivity index (χ1v) is 5.69. The first-order valence-electron chi connectivity index (χ1n) is 4.81. The highest BCUT2D eigenvalue weighted by Crippen LogP contribution is 2.23. The van der Waals surface area contributed by atoms with Crippen molar-refractivity contribution in [2.45, 2.75) is 38.4 Å². The number of amidine groups is 1. The van der Waals surface area contributed by atoms with Crippen LogP contribution in [0.25, 0.3) is 0 Å². The van der Waals surface area contributed by atoms with E-state index in [1.807, 2.05) is 11.8 Å². The molecule has 0 aromatic carbocycles. The number of rotatable bonds is 4. The summed E-state index contributed by atoms with van der Waals surface area (Å²) < 4.78 is 0. The average Bonchev–Trinajstić information content (AvgIpc) is 2.50. The Hall–Kier alpha value is -0.180. The summed E-state index contributed by atoms with van der Waals surface area (Å²) in [5, 5.41) is 5.24. The zero-order chi connectivity index (χ0) is 8.81. The second kappa shape index (κ2) is 5.46. The van der Waals surface area contributed by atoms with Crippen LogP contribution in [0.1, 0.15) is 33.1 Å². The molecule has 1 N–H and O–H groups in total. The van der Waals surface area contributed by atoms with Gasteiger partial charge in [0.15, 0.2) is 5.17 Å². The van der Waals surface area contributed by atoms with Gasteiger partial charge < -0.3 is 5.32 Å². The van der Waals surface area contributed by atoms with Crippen molar-refractivity contribution in [3.63, 3.8) is 0 Å². The Bertz CT molecular complexity index is 157. The molecule has 0 amide bonds. The molecule has 0 saturated heterocycles. The highest BCUT2D eigenvalue weighted by Gasteiger charge is 2.17. The third kappa shape index (κ3) is 3.05. The SMILES string of the molecule is CCCNC1=NCC(CCC)S1. The van der Waals surface area contributed by atoms with E-state index in [1.165, 1.54) is 19.3 Å². The molecule has 2 nitrogen and oxygen atoms in total. The zero-order valence-corrected chi connectivity index (χ0v) is 8.78. The summed E-state index contributed by atoms with van der Waals surface area (Å²) in [4.78, 5) is 4.44. The fourth-order valence-electron chi connectivity index (χ4n) is 1.22. The monoisotopic (exact) mass is 186 g/mol. The van der Waals surface area contributed by atoms with Crippen molar-refractivity contribution < 1.29 is 0 Å². The largest absolute Gasteiger partial charge is 0.365 e. The third-order valence-corrected chi connectivity index (χ3v) is 3.07. The van der Waals surface area contributed by atoms with Crippen LogP contribution >= 0.6 is 11.8 Å². The van der Waals surface area contributed by atoms with Crippen LogP contribution in [-0.4, -0.2) is 23.5 Å². The van der Waals surface area contributed by atoms with Gasteiger partial charge in [-0.25, -0.2) is 0 Å². The minimum Gasteiger partial charge on any atom is -0.365 e. The lowest BCUT2D eigenvalue weighted by atomic mass is 10.2. The van der Waals surface area contributed by atoms with Gasteiger partial charge in [-0.2, -0.15) is 0 Å². The van der Waals surface area contributed by atoms with Crippen molar-refractivity contribution in [2.75, 3.05) is 13.1 Å². The van der Waals surface area contributed by atoms with Crippen molar-refractivity contribution in [3.05, 3.63) is 0 Å². The van der Waals surface area contributed by atoms with Crippen LogP contribution in [0.2, 0.25) is 0 Å². The van der Waals surface area contributed by atoms with Gasteiger partial charge in [0.2, 0.25) is 0 Å². The van der Waals surface area contributed by atoms with Crippen LogP contribution < -0.4 is 5.32 Å². The van der Waals surface area contributed by atoms with Crippen molar-refractivity contribution in [1.29, 1.82) is 0 Å². The van der Waals surface area contributed by atoms with Gasteiger partial charge in [0.1, 0.15) is 0 Å². The van der Waals surface area contributed by atoms with Crippen molar-refractivity contribution >= 4 is 16.9 Å². The van der Waals surface area contributed by atoms with E-state index in [0.29, 0.717) is 0 Å². The van der Waals surface area contributed by atoms with Gasteiger partial charge in [-0.3, -0.25) is 4.99 Å². The summed E-state index contributed by atoms with van der Waals surface area (Å²) >= 11 is 1.91. The van der Waals surface area contributed by atoms with E-state index in [-0.39, 0.29) is 0 Å². The summed E-state index contributed by atoms with van der Waals surface area (Å²) in [6.07, 6.45) is 3.75. The summed E-state index contributed by atoms with van der Waals surface area (Å²) in [6, 6.07) is 0. The molecule has 0 fully saturated rings. The number of hydrogen-bond acceptors (Lipinski definition) is 3. The molecule has 1 aliphatic heterocycles. The molecule has 0 radical (unpaired) electrons. The van der Waals surface area contributed by atoms with E-state index in [9.17, 15) is 0 Å². The molecular formula is C9H18N2S. The van der Waals surface area contributed by atoms with Gasteiger partial charge in [-0.05, 0) is 12.8 Å². The van der Waals surface area contributed by atoms with E-state index >= 15 is 0 Å². The molecular weight excluding hydrogens is 168 g/mol. The van der Waals surface area contributed by atoms with Crippen LogP contribution in [-0.2, 0) is 0 Å². The first kappa shape index (κ1) is 9.90. The average molecular weight is 186 g/mol. The van der Waals surface area contributed by atoms with Gasteiger partial charge >= 0.3 is 0 Å². The fourth-order valence-corrected chi connectivity index (χ4v) is 2.37. The summed E-state index contributed by atoms with van der Waals surface area (Å²) in [5.41, 5.74) is 0. The topological polar surface area (TPSA) is 24.4 Å². The second-order valence-electron chi connectivity index (χ2n) is 3.10. The normalized spacial score (nSPS) is 22.5. The van der Waals surface area contributed by atoms with Crippen LogP contribution in [0.3, 0.4) is 0 Å². The summed E-state index contributed by atoms with van der Waals surface area (Å²) in [5.74, 6) is 0. The Labute approximate surface area is 79.2 Å². The lowest BCUT2D eigenvalue weighted by Gasteiger charge is -2.06. The molecule has 0 aromatic heterocycles. The van der Waals surface area contributed by atoms with Crippen LogP contribution in [0.4, 0.5) is 0 Å². The van der Waals surface area contributed by atoms with Gasteiger partial charge in [-0.15, -0.1) is 0 Å². The molecule has 1 atom stereocenters. The molecule has 70 valence electrons.